The molecule has 7 heteroatoms. The molecule has 162 valence electrons. The summed E-state index contributed by atoms with van der Waals surface area (Å²) in [5.74, 6) is 0.635. The van der Waals surface area contributed by atoms with E-state index in [0.717, 1.165) is 16.8 Å². The van der Waals surface area contributed by atoms with Crippen LogP contribution in [0, 0.1) is 5.82 Å². The van der Waals surface area contributed by atoms with E-state index in [1.807, 2.05) is 49.4 Å². The molecule has 0 unspecified atom stereocenters. The summed E-state index contributed by atoms with van der Waals surface area (Å²) >= 11 is 6.69. The third-order valence-corrected chi connectivity index (χ3v) is 5.96. The number of hydrogen-bond donors (Lipinski definition) is 0. The highest BCUT2D eigenvalue weighted by Crippen LogP contribution is 2.37. The summed E-state index contributed by atoms with van der Waals surface area (Å²) in [6.45, 7) is 2.55. The molecule has 1 aliphatic rings. The highest BCUT2D eigenvalue weighted by molar-refractivity contribution is 8.27. The fourth-order valence-corrected chi connectivity index (χ4v) is 4.51. The predicted octanol–water partition coefficient (Wildman–Crippen LogP) is 6.21. The minimum Gasteiger partial charge on any atom is -0.490 e. The van der Waals surface area contributed by atoms with E-state index in [-0.39, 0.29) is 18.3 Å². The number of carbonyl (C=O) groups is 1. The molecule has 1 aliphatic heterocycles. The Morgan fingerprint density at radius 2 is 1.81 bits per heavy atom. The lowest BCUT2D eigenvalue weighted by molar-refractivity contribution is -0.113. The number of carbonyl (C=O) groups excluding carboxylic acids is 1. The molecule has 0 saturated carbocycles. The molecule has 1 saturated heterocycles. The first-order valence-corrected chi connectivity index (χ1v) is 11.2. The minimum absolute atomic E-state index is 0.157. The number of halogens is 1. The van der Waals surface area contributed by atoms with Crippen LogP contribution in [0.4, 0.5) is 10.1 Å². The molecule has 32 heavy (non-hydrogen) atoms. The van der Waals surface area contributed by atoms with Crippen molar-refractivity contribution in [2.24, 2.45) is 0 Å². The van der Waals surface area contributed by atoms with Gasteiger partial charge in [-0.1, -0.05) is 60.4 Å². The zero-order valence-corrected chi connectivity index (χ0v) is 18.9. The summed E-state index contributed by atoms with van der Waals surface area (Å²) in [6, 6.07) is 21.1. The first kappa shape index (κ1) is 22.0. The van der Waals surface area contributed by atoms with Crippen LogP contribution in [0.1, 0.15) is 18.1 Å². The first-order valence-electron chi connectivity index (χ1n) is 10.0. The maximum atomic E-state index is 13.4. The van der Waals surface area contributed by atoms with Crippen molar-refractivity contribution in [2.75, 3.05) is 11.5 Å². The Kier molecular flexibility index (Phi) is 6.87. The average molecular weight is 466 g/mol. The van der Waals surface area contributed by atoms with Crippen LogP contribution in [0.25, 0.3) is 6.08 Å². The smallest absolute Gasteiger partial charge is 0.270 e. The molecule has 0 aliphatic carbocycles. The van der Waals surface area contributed by atoms with Gasteiger partial charge >= 0.3 is 0 Å². The van der Waals surface area contributed by atoms with Crippen molar-refractivity contribution >= 4 is 46.0 Å². The SMILES string of the molecule is CCOc1cc(/C=C2/SC(=S)N(c3ccccc3)C2=O)ccc1OCc1cccc(F)c1. The summed E-state index contributed by atoms with van der Waals surface area (Å²) in [5, 5.41) is 0. The molecule has 0 aromatic heterocycles. The maximum Gasteiger partial charge on any atom is 0.270 e. The number of para-hydroxylation sites is 1. The van der Waals surface area contributed by atoms with Crippen LogP contribution in [0.3, 0.4) is 0 Å². The monoisotopic (exact) mass is 465 g/mol. The molecule has 3 aromatic rings. The van der Waals surface area contributed by atoms with Crippen molar-refractivity contribution in [2.45, 2.75) is 13.5 Å². The summed E-state index contributed by atoms with van der Waals surface area (Å²) in [7, 11) is 0. The van der Waals surface area contributed by atoms with E-state index in [9.17, 15) is 9.18 Å². The fourth-order valence-electron chi connectivity index (χ4n) is 3.21. The lowest BCUT2D eigenvalue weighted by Gasteiger charge is -2.14. The van der Waals surface area contributed by atoms with Crippen molar-refractivity contribution < 1.29 is 18.7 Å². The van der Waals surface area contributed by atoms with Crippen molar-refractivity contribution in [1.29, 1.82) is 0 Å². The quantitative estimate of drug-likeness (QED) is 0.306. The van der Waals surface area contributed by atoms with Crippen LogP contribution in [0.15, 0.2) is 77.7 Å². The second-order valence-corrected chi connectivity index (χ2v) is 8.59. The van der Waals surface area contributed by atoms with E-state index in [1.54, 1.807) is 24.3 Å². The normalized spacial score (nSPS) is 14.8. The molecule has 0 atom stereocenters. The molecule has 1 fully saturated rings. The van der Waals surface area contributed by atoms with Crippen molar-refractivity contribution in [3.05, 3.63) is 94.6 Å². The van der Waals surface area contributed by atoms with Crippen molar-refractivity contribution in [3.8, 4) is 11.5 Å². The Morgan fingerprint density at radius 1 is 1.00 bits per heavy atom. The van der Waals surface area contributed by atoms with Gasteiger partial charge in [-0.25, -0.2) is 4.39 Å². The van der Waals surface area contributed by atoms with Gasteiger partial charge < -0.3 is 9.47 Å². The molecule has 1 heterocycles. The largest absolute Gasteiger partial charge is 0.490 e. The minimum atomic E-state index is -0.306. The third-order valence-electron chi connectivity index (χ3n) is 4.66. The van der Waals surface area contributed by atoms with Gasteiger partial charge in [-0.15, -0.1) is 0 Å². The topological polar surface area (TPSA) is 38.8 Å². The van der Waals surface area contributed by atoms with Crippen molar-refractivity contribution in [1.82, 2.24) is 0 Å². The number of rotatable bonds is 7. The zero-order chi connectivity index (χ0) is 22.5. The molecule has 4 rings (SSSR count). The van der Waals surface area contributed by atoms with Gasteiger partial charge in [0.1, 0.15) is 12.4 Å². The van der Waals surface area contributed by atoms with E-state index in [1.165, 1.54) is 28.8 Å². The second kappa shape index (κ2) is 9.97. The van der Waals surface area contributed by atoms with Crippen molar-refractivity contribution in [3.63, 3.8) is 0 Å². The van der Waals surface area contributed by atoms with Gasteiger partial charge in [-0.2, -0.15) is 0 Å². The van der Waals surface area contributed by atoms with E-state index in [2.05, 4.69) is 0 Å². The Morgan fingerprint density at radius 3 is 2.56 bits per heavy atom. The summed E-state index contributed by atoms with van der Waals surface area (Å²) in [5.41, 5.74) is 2.26. The molecule has 0 N–H and O–H groups in total. The molecular weight excluding hydrogens is 445 g/mol. The van der Waals surface area contributed by atoms with Gasteiger partial charge in [-0.3, -0.25) is 9.69 Å². The van der Waals surface area contributed by atoms with Gasteiger partial charge in [-0.05, 0) is 60.5 Å². The molecular formula is C25H20FNO3S2. The van der Waals surface area contributed by atoms with Crippen LogP contribution in [-0.4, -0.2) is 16.8 Å². The first-order chi connectivity index (χ1) is 15.5. The highest BCUT2D eigenvalue weighted by Gasteiger charge is 2.33. The maximum absolute atomic E-state index is 13.4. The Balaban J connectivity index is 1.55. The van der Waals surface area contributed by atoms with Gasteiger partial charge in [0, 0.05) is 0 Å². The number of nitrogens with zero attached hydrogens (tertiary/aromatic N) is 1. The Labute approximate surface area is 195 Å². The average Bonchev–Trinajstić information content (AvgIpc) is 3.07. The van der Waals surface area contributed by atoms with Crippen LogP contribution in [0.5, 0.6) is 11.5 Å². The van der Waals surface area contributed by atoms with E-state index in [4.69, 9.17) is 21.7 Å². The number of benzene rings is 3. The molecule has 4 nitrogen and oxygen atoms in total. The standard InChI is InChI=1S/C25H20FNO3S2/c1-2-29-22-14-17(11-12-21(22)30-16-18-7-6-8-19(26)13-18)15-23-24(28)27(25(31)32-23)20-9-4-3-5-10-20/h3-15H,2,16H2,1H3/b23-15+. The zero-order valence-electron chi connectivity index (χ0n) is 17.3. The van der Waals surface area contributed by atoms with E-state index in [0.29, 0.717) is 27.3 Å². The van der Waals surface area contributed by atoms with Gasteiger partial charge in [0.15, 0.2) is 15.8 Å². The number of ether oxygens (including phenoxy) is 2. The van der Waals surface area contributed by atoms with Crippen LogP contribution in [-0.2, 0) is 11.4 Å². The third kappa shape index (κ3) is 5.00. The van der Waals surface area contributed by atoms with Crippen LogP contribution >= 0.6 is 24.0 Å². The second-order valence-electron chi connectivity index (χ2n) is 6.91. The van der Waals surface area contributed by atoms with Crippen LogP contribution < -0.4 is 14.4 Å². The summed E-state index contributed by atoms with van der Waals surface area (Å²) in [6.07, 6.45) is 1.79. The molecule has 0 spiro atoms. The molecule has 1 amide bonds. The number of hydrogen-bond acceptors (Lipinski definition) is 5. The summed E-state index contributed by atoms with van der Waals surface area (Å²) < 4.78 is 25.5. The molecule has 0 radical (unpaired) electrons. The fraction of sp³-hybridized carbons (Fsp3) is 0.120. The molecule has 0 bridgehead atoms. The number of thioether (sulfide) groups is 1. The predicted molar refractivity (Wildman–Crippen MR) is 130 cm³/mol. The lowest BCUT2D eigenvalue weighted by atomic mass is 10.1. The summed E-state index contributed by atoms with van der Waals surface area (Å²) in [4.78, 5) is 15.0. The number of anilines is 1. The lowest BCUT2D eigenvalue weighted by Crippen LogP contribution is -2.27. The number of amides is 1. The van der Waals surface area contributed by atoms with E-state index >= 15 is 0 Å². The number of thiocarbonyl (C=S) groups is 1. The Hall–Kier alpha value is -3.16. The Bertz CT molecular complexity index is 1180. The van der Waals surface area contributed by atoms with E-state index < -0.39 is 0 Å². The van der Waals surface area contributed by atoms with Gasteiger partial charge in [0.25, 0.3) is 5.91 Å². The highest BCUT2D eigenvalue weighted by atomic mass is 32.2. The molecule has 3 aromatic carbocycles. The van der Waals surface area contributed by atoms with Crippen LogP contribution in [0.2, 0.25) is 0 Å². The van der Waals surface area contributed by atoms with Gasteiger partial charge in [0.2, 0.25) is 0 Å². The van der Waals surface area contributed by atoms with Gasteiger partial charge in [0.05, 0.1) is 17.2 Å².